The number of nitrogens with two attached hydrogens (primary N) is 1. The van der Waals surface area contributed by atoms with E-state index in [0.29, 0.717) is 5.92 Å². The molecule has 3 N–H and O–H groups in total. The molecule has 1 aromatic rings. The fraction of sp³-hybridized carbons (Fsp3) is 0.583. The molecular formula is C12H18N2OS. The number of hydrogen-bond acceptors (Lipinski definition) is 3. The smallest absolute Gasteiger partial charge is 0.234 e. The van der Waals surface area contributed by atoms with Crippen LogP contribution in [0.3, 0.4) is 0 Å². The van der Waals surface area contributed by atoms with E-state index in [9.17, 15) is 4.79 Å². The van der Waals surface area contributed by atoms with Gasteiger partial charge in [-0.05, 0) is 30.2 Å². The van der Waals surface area contributed by atoms with Crippen molar-refractivity contribution < 1.29 is 4.79 Å². The second kappa shape index (κ2) is 5.46. The molecule has 0 aromatic carbocycles. The number of primary amides is 1. The van der Waals surface area contributed by atoms with Gasteiger partial charge in [-0.1, -0.05) is 18.9 Å². The second-order valence-electron chi connectivity index (χ2n) is 4.38. The van der Waals surface area contributed by atoms with Crippen LogP contribution in [0.5, 0.6) is 0 Å². The van der Waals surface area contributed by atoms with Gasteiger partial charge in [-0.15, -0.1) is 11.3 Å². The highest BCUT2D eigenvalue weighted by Gasteiger charge is 2.28. The predicted octanol–water partition coefficient (Wildman–Crippen LogP) is 1.88. The summed E-state index contributed by atoms with van der Waals surface area (Å²) in [7, 11) is 0. The van der Waals surface area contributed by atoms with Crippen molar-refractivity contribution in [3.8, 4) is 0 Å². The van der Waals surface area contributed by atoms with Gasteiger partial charge in [0.1, 0.15) is 0 Å². The van der Waals surface area contributed by atoms with Crippen molar-refractivity contribution in [2.75, 3.05) is 0 Å². The standard InChI is InChI=1S/C12H18N2OS/c13-12(15)11(9-4-1-2-5-9)14-8-10-6-3-7-16-10/h3,6-7,9,11,14H,1-2,4-5,8H2,(H2,13,15). The van der Waals surface area contributed by atoms with Crippen molar-refractivity contribution in [2.24, 2.45) is 11.7 Å². The highest BCUT2D eigenvalue weighted by molar-refractivity contribution is 7.09. The summed E-state index contributed by atoms with van der Waals surface area (Å²) in [6.45, 7) is 0.752. The van der Waals surface area contributed by atoms with E-state index >= 15 is 0 Å². The molecule has 1 aliphatic carbocycles. The maximum Gasteiger partial charge on any atom is 0.234 e. The summed E-state index contributed by atoms with van der Waals surface area (Å²) in [6, 6.07) is 3.95. The van der Waals surface area contributed by atoms with E-state index in [2.05, 4.69) is 11.4 Å². The van der Waals surface area contributed by atoms with E-state index in [0.717, 1.165) is 19.4 Å². The molecule has 0 bridgehead atoms. The summed E-state index contributed by atoms with van der Waals surface area (Å²) in [5.74, 6) is 0.237. The number of carbonyl (C=O) groups is 1. The zero-order valence-corrected chi connectivity index (χ0v) is 10.1. The zero-order chi connectivity index (χ0) is 11.4. The lowest BCUT2D eigenvalue weighted by molar-refractivity contribution is -0.121. The minimum Gasteiger partial charge on any atom is -0.368 e. The van der Waals surface area contributed by atoms with Crippen molar-refractivity contribution in [1.29, 1.82) is 0 Å². The largest absolute Gasteiger partial charge is 0.368 e. The van der Waals surface area contributed by atoms with Crippen LogP contribution >= 0.6 is 11.3 Å². The first-order valence-corrected chi connectivity index (χ1v) is 6.70. The van der Waals surface area contributed by atoms with Crippen LogP contribution in [0.1, 0.15) is 30.6 Å². The molecule has 1 heterocycles. The number of rotatable bonds is 5. The van der Waals surface area contributed by atoms with Crippen LogP contribution < -0.4 is 11.1 Å². The minimum absolute atomic E-state index is 0.149. The monoisotopic (exact) mass is 238 g/mol. The van der Waals surface area contributed by atoms with Gasteiger partial charge in [0.25, 0.3) is 0 Å². The summed E-state index contributed by atoms with van der Waals surface area (Å²) >= 11 is 1.70. The lowest BCUT2D eigenvalue weighted by atomic mass is 9.97. The van der Waals surface area contributed by atoms with E-state index in [1.165, 1.54) is 17.7 Å². The molecule has 4 heteroatoms. The van der Waals surface area contributed by atoms with Gasteiger partial charge >= 0.3 is 0 Å². The molecule has 0 saturated heterocycles. The first-order valence-electron chi connectivity index (χ1n) is 5.82. The van der Waals surface area contributed by atoms with Crippen LogP contribution in [0.25, 0.3) is 0 Å². The molecule has 1 amide bonds. The Kier molecular flexibility index (Phi) is 3.96. The average molecular weight is 238 g/mol. The molecule has 1 aliphatic rings. The second-order valence-corrected chi connectivity index (χ2v) is 5.42. The number of hydrogen-bond donors (Lipinski definition) is 2. The third-order valence-electron chi connectivity index (χ3n) is 3.25. The Morgan fingerprint density at radius 2 is 2.31 bits per heavy atom. The lowest BCUT2D eigenvalue weighted by Crippen LogP contribution is -2.45. The van der Waals surface area contributed by atoms with E-state index < -0.39 is 0 Å². The van der Waals surface area contributed by atoms with E-state index in [-0.39, 0.29) is 11.9 Å². The highest BCUT2D eigenvalue weighted by Crippen LogP contribution is 2.27. The fourth-order valence-corrected chi connectivity index (χ4v) is 3.07. The van der Waals surface area contributed by atoms with E-state index in [1.807, 2.05) is 11.4 Å². The zero-order valence-electron chi connectivity index (χ0n) is 9.32. The maximum absolute atomic E-state index is 11.4. The van der Waals surface area contributed by atoms with E-state index in [4.69, 9.17) is 5.73 Å². The fourth-order valence-electron chi connectivity index (χ4n) is 2.41. The number of carbonyl (C=O) groups excluding carboxylic acids is 1. The summed E-state index contributed by atoms with van der Waals surface area (Å²) in [5, 5.41) is 5.35. The van der Waals surface area contributed by atoms with Crippen LogP contribution in [0, 0.1) is 5.92 Å². The summed E-state index contributed by atoms with van der Waals surface area (Å²) in [5.41, 5.74) is 5.46. The van der Waals surface area contributed by atoms with Gasteiger partial charge in [0.05, 0.1) is 6.04 Å². The molecule has 1 fully saturated rings. The highest BCUT2D eigenvalue weighted by atomic mass is 32.1. The first kappa shape index (κ1) is 11.6. The van der Waals surface area contributed by atoms with Crippen molar-refractivity contribution in [2.45, 2.75) is 38.3 Å². The molecule has 1 saturated carbocycles. The predicted molar refractivity (Wildman–Crippen MR) is 66.1 cm³/mol. The Hall–Kier alpha value is -0.870. The minimum atomic E-state index is -0.205. The van der Waals surface area contributed by atoms with Crippen molar-refractivity contribution >= 4 is 17.2 Å². The van der Waals surface area contributed by atoms with Crippen LogP contribution in [0.2, 0.25) is 0 Å². The molecule has 0 spiro atoms. The van der Waals surface area contributed by atoms with Gasteiger partial charge in [-0.25, -0.2) is 0 Å². The van der Waals surface area contributed by atoms with Crippen LogP contribution in [0.15, 0.2) is 17.5 Å². The molecular weight excluding hydrogens is 220 g/mol. The van der Waals surface area contributed by atoms with Crippen LogP contribution in [-0.4, -0.2) is 11.9 Å². The van der Waals surface area contributed by atoms with Gasteiger partial charge in [0, 0.05) is 11.4 Å². The molecule has 3 nitrogen and oxygen atoms in total. The Morgan fingerprint density at radius 1 is 1.56 bits per heavy atom. The van der Waals surface area contributed by atoms with Gasteiger partial charge in [0.2, 0.25) is 5.91 Å². The third-order valence-corrected chi connectivity index (χ3v) is 4.13. The molecule has 88 valence electrons. The molecule has 1 unspecified atom stereocenters. The summed E-state index contributed by atoms with van der Waals surface area (Å²) in [4.78, 5) is 12.7. The van der Waals surface area contributed by atoms with Crippen molar-refractivity contribution in [3.63, 3.8) is 0 Å². The number of amides is 1. The average Bonchev–Trinajstić information content (AvgIpc) is 2.88. The quantitative estimate of drug-likeness (QED) is 0.823. The molecule has 16 heavy (non-hydrogen) atoms. The van der Waals surface area contributed by atoms with Crippen molar-refractivity contribution in [1.82, 2.24) is 5.32 Å². The number of thiophene rings is 1. The third kappa shape index (κ3) is 2.83. The Balaban J connectivity index is 1.90. The SMILES string of the molecule is NC(=O)C(NCc1cccs1)C1CCCC1. The summed E-state index contributed by atoms with van der Waals surface area (Å²) in [6.07, 6.45) is 4.72. The Labute approximate surface area is 100 Å². The van der Waals surface area contributed by atoms with Crippen LogP contribution in [-0.2, 0) is 11.3 Å². The molecule has 0 aliphatic heterocycles. The summed E-state index contributed by atoms with van der Waals surface area (Å²) < 4.78 is 0. The maximum atomic E-state index is 11.4. The van der Waals surface area contributed by atoms with Gasteiger partial charge < -0.3 is 11.1 Å². The topological polar surface area (TPSA) is 55.1 Å². The Morgan fingerprint density at radius 3 is 2.88 bits per heavy atom. The number of nitrogens with one attached hydrogen (secondary N) is 1. The molecule has 2 rings (SSSR count). The normalized spacial score (nSPS) is 18.8. The molecule has 1 aromatic heterocycles. The van der Waals surface area contributed by atoms with Gasteiger partial charge in [-0.2, -0.15) is 0 Å². The molecule has 1 atom stereocenters. The lowest BCUT2D eigenvalue weighted by Gasteiger charge is -2.21. The van der Waals surface area contributed by atoms with E-state index in [1.54, 1.807) is 11.3 Å². The van der Waals surface area contributed by atoms with Gasteiger partial charge in [0.15, 0.2) is 0 Å². The first-order chi connectivity index (χ1) is 7.77. The Bertz CT molecular complexity index is 331. The molecule has 0 radical (unpaired) electrons. The van der Waals surface area contributed by atoms with Crippen LogP contribution in [0.4, 0.5) is 0 Å². The van der Waals surface area contributed by atoms with Crippen molar-refractivity contribution in [3.05, 3.63) is 22.4 Å². The van der Waals surface area contributed by atoms with Gasteiger partial charge in [-0.3, -0.25) is 4.79 Å².